The Morgan fingerprint density at radius 3 is 1.18 bits per heavy atom. The van der Waals surface area contributed by atoms with Gasteiger partial charge in [0, 0.05) is 6.42 Å². The number of aliphatic hydroxyl groups is 11. The molecule has 0 aromatic rings. The van der Waals surface area contributed by atoms with Crippen LogP contribution >= 0.6 is 0 Å². The minimum Gasteiger partial charge on any atom is -0.394 e. The highest BCUT2D eigenvalue weighted by Gasteiger charge is 2.53. The number of amides is 1. The van der Waals surface area contributed by atoms with Crippen molar-refractivity contribution in [3.63, 3.8) is 0 Å². The molecular weight excluding hydrogens is 1090 g/mol. The summed E-state index contributed by atoms with van der Waals surface area (Å²) in [5.41, 5.74) is 0. The van der Waals surface area contributed by atoms with Gasteiger partial charge in [-0.05, 0) is 32.1 Å². The molecule has 0 saturated carbocycles. The predicted octanol–water partition coefficient (Wildman–Crippen LogP) is 8.27. The highest BCUT2D eigenvalue weighted by Crippen LogP contribution is 2.33. The number of allylic oxidation sites excluding steroid dienone is 3. The molecule has 17 atom stereocenters. The van der Waals surface area contributed by atoms with Gasteiger partial charge in [-0.15, -0.1) is 0 Å². The minimum absolute atomic E-state index is 0.241. The molecule has 0 bridgehead atoms. The van der Waals surface area contributed by atoms with Crippen LogP contribution in [0.3, 0.4) is 0 Å². The first-order valence-electron chi connectivity index (χ1n) is 34.1. The quantitative estimate of drug-likeness (QED) is 0.0201. The van der Waals surface area contributed by atoms with Gasteiger partial charge in [0.2, 0.25) is 5.91 Å². The Hall–Kier alpha value is -1.73. The molecule has 3 rings (SSSR count). The lowest BCUT2D eigenvalue weighted by molar-refractivity contribution is -0.379. The van der Waals surface area contributed by atoms with Crippen molar-refractivity contribution in [1.82, 2.24) is 5.32 Å². The van der Waals surface area contributed by atoms with Crippen molar-refractivity contribution >= 4 is 5.91 Å². The highest BCUT2D eigenvalue weighted by molar-refractivity contribution is 5.76. The fraction of sp³-hybridized carbons (Fsp3) is 0.924. The number of ether oxygens (including phenoxy) is 6. The molecule has 0 aromatic heterocycles. The zero-order valence-corrected chi connectivity index (χ0v) is 52.6. The molecule has 1 amide bonds. The fourth-order valence-corrected chi connectivity index (χ4v) is 11.7. The van der Waals surface area contributed by atoms with Gasteiger partial charge in [0.1, 0.15) is 73.2 Å². The van der Waals surface area contributed by atoms with Crippen LogP contribution in [-0.2, 0) is 33.2 Å². The van der Waals surface area contributed by atoms with Crippen molar-refractivity contribution in [2.45, 2.75) is 362 Å². The summed E-state index contributed by atoms with van der Waals surface area (Å²) in [6, 6.07) is -0.986. The van der Waals surface area contributed by atoms with Gasteiger partial charge in [-0.1, -0.05) is 244 Å². The van der Waals surface area contributed by atoms with Crippen LogP contribution in [0.4, 0.5) is 0 Å². The summed E-state index contributed by atoms with van der Waals surface area (Å²) in [4.78, 5) is 13.4. The average Bonchev–Trinajstić information content (AvgIpc) is 3.10. The monoisotopic (exact) mass is 1220 g/mol. The Balaban J connectivity index is 1.46. The molecule has 19 nitrogen and oxygen atoms in total. The summed E-state index contributed by atoms with van der Waals surface area (Å²) >= 11 is 0. The fourth-order valence-electron chi connectivity index (χ4n) is 11.7. The number of hydrogen-bond acceptors (Lipinski definition) is 18. The molecule has 0 aromatic carbocycles. The third-order valence-electron chi connectivity index (χ3n) is 17.3. The van der Waals surface area contributed by atoms with E-state index in [1.165, 1.54) is 186 Å². The molecule has 3 heterocycles. The normalized spacial score (nSPS) is 29.1. The first kappa shape index (κ1) is 77.5. The van der Waals surface area contributed by atoms with Crippen molar-refractivity contribution < 1.29 is 89.4 Å². The number of carbonyl (C=O) groups is 1. The molecule has 19 heteroatoms. The predicted molar refractivity (Wildman–Crippen MR) is 328 cm³/mol. The smallest absolute Gasteiger partial charge is 0.220 e. The number of carbonyl (C=O) groups excluding carboxylic acids is 1. The molecule has 12 N–H and O–H groups in total. The van der Waals surface area contributed by atoms with Crippen LogP contribution in [0.25, 0.3) is 0 Å². The molecule has 500 valence electrons. The van der Waals surface area contributed by atoms with Gasteiger partial charge in [-0.2, -0.15) is 0 Å². The van der Waals surface area contributed by atoms with Crippen LogP contribution in [0, 0.1) is 0 Å². The summed E-state index contributed by atoms with van der Waals surface area (Å²) < 4.78 is 34.3. The zero-order valence-electron chi connectivity index (χ0n) is 52.6. The largest absolute Gasteiger partial charge is 0.394 e. The molecule has 17 unspecified atom stereocenters. The molecule has 0 spiro atoms. The van der Waals surface area contributed by atoms with Crippen molar-refractivity contribution in [2.24, 2.45) is 0 Å². The second-order valence-corrected chi connectivity index (χ2v) is 24.6. The maximum atomic E-state index is 13.4. The van der Waals surface area contributed by atoms with E-state index in [1.54, 1.807) is 6.08 Å². The first-order valence-corrected chi connectivity index (χ1v) is 34.1. The maximum absolute atomic E-state index is 13.4. The van der Waals surface area contributed by atoms with E-state index < -0.39 is 124 Å². The van der Waals surface area contributed by atoms with Crippen LogP contribution in [0.1, 0.15) is 258 Å². The lowest BCUT2D eigenvalue weighted by Gasteiger charge is -2.48. The summed E-state index contributed by atoms with van der Waals surface area (Å²) in [7, 11) is 0. The molecule has 3 fully saturated rings. The Bertz CT molecular complexity index is 1640. The van der Waals surface area contributed by atoms with Gasteiger partial charge in [0.15, 0.2) is 18.9 Å². The summed E-state index contributed by atoms with van der Waals surface area (Å²) in [6.07, 6.45) is 27.3. The molecular formula is C66H123NO18. The number of rotatable bonds is 52. The molecule has 3 aliphatic heterocycles. The molecule has 0 aliphatic carbocycles. The van der Waals surface area contributed by atoms with E-state index in [2.05, 4.69) is 31.3 Å². The van der Waals surface area contributed by atoms with Crippen LogP contribution < -0.4 is 5.32 Å². The van der Waals surface area contributed by atoms with Gasteiger partial charge in [-0.25, -0.2) is 0 Å². The van der Waals surface area contributed by atoms with E-state index in [4.69, 9.17) is 28.4 Å². The standard InChI is InChI=1S/C66H123NO18/c1-3-5-7-9-11-13-15-17-19-21-23-24-26-28-30-32-34-36-38-40-42-44-54(72)67-49(50(71)43-41-39-37-35-33-31-29-27-25-22-20-18-16-14-12-10-8-6-4-2)48-80-64-60(78)57(75)62(52(46-69)82-64)85-66-61(79)58(76)63(53(47-70)83-66)84-65-59(77)56(74)55(73)51(45-68)81-65/h33,35,41,43,49-53,55-66,68-71,73-79H,3-32,34,36-40,42,44-48H2,1-2H3,(H,67,72)/b35-33+,43-41+. The Morgan fingerprint density at radius 2 is 0.753 bits per heavy atom. The molecule has 85 heavy (non-hydrogen) atoms. The third-order valence-corrected chi connectivity index (χ3v) is 17.3. The van der Waals surface area contributed by atoms with Gasteiger partial charge in [0.25, 0.3) is 0 Å². The maximum Gasteiger partial charge on any atom is 0.220 e. The van der Waals surface area contributed by atoms with Gasteiger partial charge >= 0.3 is 0 Å². The first-order chi connectivity index (χ1) is 41.3. The lowest BCUT2D eigenvalue weighted by atomic mass is 9.96. The summed E-state index contributed by atoms with van der Waals surface area (Å²) in [6.45, 7) is 1.74. The van der Waals surface area contributed by atoms with Crippen molar-refractivity contribution in [1.29, 1.82) is 0 Å². The Morgan fingerprint density at radius 1 is 0.412 bits per heavy atom. The zero-order chi connectivity index (χ0) is 61.9. The van der Waals surface area contributed by atoms with Crippen LogP contribution in [0.5, 0.6) is 0 Å². The van der Waals surface area contributed by atoms with E-state index in [1.807, 2.05) is 6.08 Å². The average molecular weight is 1220 g/mol. The van der Waals surface area contributed by atoms with Crippen molar-refractivity contribution in [3.8, 4) is 0 Å². The van der Waals surface area contributed by atoms with Crippen LogP contribution in [0.2, 0.25) is 0 Å². The number of nitrogens with one attached hydrogen (secondary N) is 1. The van der Waals surface area contributed by atoms with E-state index >= 15 is 0 Å². The van der Waals surface area contributed by atoms with E-state index in [9.17, 15) is 61.0 Å². The third kappa shape index (κ3) is 31.7. The van der Waals surface area contributed by atoms with E-state index in [-0.39, 0.29) is 18.9 Å². The molecule has 3 aliphatic rings. The Kier molecular flexibility index (Phi) is 44.7. The minimum atomic E-state index is -1.98. The SMILES string of the molecule is CCCCCCCCCCCCCCC/C=C/CC/C=C/C(O)C(COC1OC(CO)C(OC2OC(CO)C(OC3OC(CO)C(O)C(O)C3O)C(O)C2O)C(O)C1O)NC(=O)CCCCCCCCCCCCCCCCCCCCCCC. The number of hydrogen-bond donors (Lipinski definition) is 12. The van der Waals surface area contributed by atoms with Gasteiger partial charge in [0.05, 0.1) is 38.6 Å². The van der Waals surface area contributed by atoms with Crippen molar-refractivity contribution in [3.05, 3.63) is 24.3 Å². The van der Waals surface area contributed by atoms with Gasteiger partial charge < -0.3 is 89.9 Å². The second-order valence-electron chi connectivity index (χ2n) is 24.6. The molecule has 3 saturated heterocycles. The van der Waals surface area contributed by atoms with E-state index in [0.29, 0.717) is 12.8 Å². The van der Waals surface area contributed by atoms with Crippen LogP contribution in [0.15, 0.2) is 24.3 Å². The summed E-state index contributed by atoms with van der Waals surface area (Å²) in [5, 5.41) is 120. The Labute approximate surface area is 511 Å². The molecule has 0 radical (unpaired) electrons. The number of aliphatic hydroxyl groups excluding tert-OH is 11. The van der Waals surface area contributed by atoms with E-state index in [0.717, 1.165) is 38.5 Å². The van der Waals surface area contributed by atoms with Crippen molar-refractivity contribution in [2.75, 3.05) is 26.4 Å². The van der Waals surface area contributed by atoms with Gasteiger partial charge in [-0.3, -0.25) is 4.79 Å². The summed E-state index contributed by atoms with van der Waals surface area (Å²) in [5.74, 6) is -0.281. The topological polar surface area (TPSA) is 307 Å². The lowest BCUT2D eigenvalue weighted by Crippen LogP contribution is -2.66. The second kappa shape index (κ2) is 49.0. The van der Waals surface area contributed by atoms with Crippen LogP contribution in [-0.4, -0.2) is 193 Å². The highest BCUT2D eigenvalue weighted by atomic mass is 16.8. The number of unbranched alkanes of at least 4 members (excludes halogenated alkanes) is 34.